The van der Waals surface area contributed by atoms with Gasteiger partial charge in [-0.25, -0.2) is 9.97 Å². The van der Waals surface area contributed by atoms with E-state index in [-0.39, 0.29) is 11.9 Å². The van der Waals surface area contributed by atoms with Gasteiger partial charge in [-0.2, -0.15) is 13.2 Å². The third-order valence-corrected chi connectivity index (χ3v) is 6.80. The maximum Gasteiger partial charge on any atom is 0.433 e. The smallest absolute Gasteiger partial charge is 0.361 e. The lowest BCUT2D eigenvalue weighted by Crippen LogP contribution is -2.53. The minimum Gasteiger partial charge on any atom is -0.361 e. The van der Waals surface area contributed by atoms with Gasteiger partial charge in [0.15, 0.2) is 0 Å². The molecule has 4 heterocycles. The standard InChI is InChI=1S/C23H24F3N5O/c24-23(25,26)19-6-10-27-21(29-19)30-12-8-22(9-13-30)7-3-11-31(20(22)32)15-16-14-28-18-5-2-1-4-17(16)18/h1-2,4-6,10,14,28H,3,7-9,11-13,15H2. The molecule has 0 unspecified atom stereocenters. The lowest BCUT2D eigenvalue weighted by atomic mass is 9.71. The molecule has 32 heavy (non-hydrogen) atoms. The second-order valence-corrected chi connectivity index (χ2v) is 8.70. The van der Waals surface area contributed by atoms with Crippen molar-refractivity contribution in [3.8, 4) is 0 Å². The zero-order valence-electron chi connectivity index (χ0n) is 17.5. The Bertz CT molecular complexity index is 1130. The number of carbonyl (C=O) groups excluding carboxylic acids is 1. The number of rotatable bonds is 3. The predicted octanol–water partition coefficient (Wildman–Crippen LogP) is 4.39. The average molecular weight is 443 g/mol. The van der Waals surface area contributed by atoms with Gasteiger partial charge < -0.3 is 14.8 Å². The molecule has 9 heteroatoms. The van der Waals surface area contributed by atoms with Crippen molar-refractivity contribution in [1.29, 1.82) is 0 Å². The normalized spacial score (nSPS) is 19.2. The molecule has 1 N–H and O–H groups in total. The molecule has 0 saturated carbocycles. The van der Waals surface area contributed by atoms with Crippen LogP contribution in [0, 0.1) is 5.41 Å². The number of carbonyl (C=O) groups is 1. The van der Waals surface area contributed by atoms with Crippen LogP contribution in [0.2, 0.25) is 0 Å². The Hall–Kier alpha value is -3.10. The van der Waals surface area contributed by atoms with Crippen molar-refractivity contribution in [1.82, 2.24) is 19.9 Å². The molecular weight excluding hydrogens is 419 g/mol. The van der Waals surface area contributed by atoms with E-state index in [9.17, 15) is 18.0 Å². The molecule has 2 aliphatic heterocycles. The highest BCUT2D eigenvalue weighted by Crippen LogP contribution is 2.42. The Labute approximate surface area is 183 Å². The number of fused-ring (bicyclic) bond motifs is 1. The van der Waals surface area contributed by atoms with Gasteiger partial charge in [0.25, 0.3) is 0 Å². The first-order chi connectivity index (χ1) is 15.4. The number of hydrogen-bond acceptors (Lipinski definition) is 4. The number of H-pyrrole nitrogens is 1. The number of hydrogen-bond donors (Lipinski definition) is 1. The van der Waals surface area contributed by atoms with Gasteiger partial charge in [0.1, 0.15) is 5.69 Å². The number of aromatic nitrogens is 3. The van der Waals surface area contributed by atoms with Crippen LogP contribution in [-0.4, -0.2) is 45.4 Å². The molecular formula is C23H24F3N5O. The lowest BCUT2D eigenvalue weighted by Gasteiger charge is -2.46. The van der Waals surface area contributed by atoms with Crippen LogP contribution in [0.25, 0.3) is 10.9 Å². The molecule has 3 aromatic rings. The van der Waals surface area contributed by atoms with Gasteiger partial charge in [-0.05, 0) is 43.4 Å². The number of anilines is 1. The monoisotopic (exact) mass is 443 g/mol. The van der Waals surface area contributed by atoms with Gasteiger partial charge in [-0.15, -0.1) is 0 Å². The van der Waals surface area contributed by atoms with Crippen molar-refractivity contribution >= 4 is 22.8 Å². The van der Waals surface area contributed by atoms with Gasteiger partial charge >= 0.3 is 6.18 Å². The molecule has 0 aliphatic carbocycles. The van der Waals surface area contributed by atoms with E-state index < -0.39 is 17.3 Å². The number of piperidine rings is 2. The summed E-state index contributed by atoms with van der Waals surface area (Å²) in [6, 6.07) is 8.92. The van der Waals surface area contributed by atoms with Crippen molar-refractivity contribution in [2.24, 2.45) is 5.41 Å². The molecule has 2 saturated heterocycles. The molecule has 2 aliphatic rings. The number of amides is 1. The molecule has 5 rings (SSSR count). The van der Waals surface area contributed by atoms with E-state index in [0.717, 1.165) is 48.1 Å². The molecule has 2 fully saturated rings. The van der Waals surface area contributed by atoms with Crippen LogP contribution in [0.3, 0.4) is 0 Å². The summed E-state index contributed by atoms with van der Waals surface area (Å²) in [6.45, 7) is 2.22. The molecule has 0 radical (unpaired) electrons. The minimum absolute atomic E-state index is 0.0774. The highest BCUT2D eigenvalue weighted by atomic mass is 19.4. The summed E-state index contributed by atoms with van der Waals surface area (Å²) in [5.41, 5.74) is 0.751. The third kappa shape index (κ3) is 3.69. The Balaban J connectivity index is 1.30. The molecule has 6 nitrogen and oxygen atoms in total. The zero-order valence-corrected chi connectivity index (χ0v) is 17.5. The van der Waals surface area contributed by atoms with Crippen LogP contribution in [0.5, 0.6) is 0 Å². The third-order valence-electron chi connectivity index (χ3n) is 6.80. The highest BCUT2D eigenvalue weighted by Gasteiger charge is 2.46. The van der Waals surface area contributed by atoms with Gasteiger partial charge in [0.2, 0.25) is 11.9 Å². The number of aromatic amines is 1. The summed E-state index contributed by atoms with van der Waals surface area (Å²) in [5.74, 6) is 0.229. The number of alkyl halides is 3. The number of nitrogens with zero attached hydrogens (tertiary/aromatic N) is 4. The van der Waals surface area contributed by atoms with E-state index in [0.29, 0.717) is 32.5 Å². The average Bonchev–Trinajstić information content (AvgIpc) is 3.20. The summed E-state index contributed by atoms with van der Waals surface area (Å²) >= 11 is 0. The van der Waals surface area contributed by atoms with Gasteiger partial charge in [0.05, 0.1) is 5.41 Å². The van der Waals surface area contributed by atoms with Crippen molar-refractivity contribution in [2.75, 3.05) is 24.5 Å². The van der Waals surface area contributed by atoms with E-state index in [1.165, 1.54) is 0 Å². The maximum absolute atomic E-state index is 13.5. The first-order valence-corrected chi connectivity index (χ1v) is 10.9. The number of halogens is 3. The van der Waals surface area contributed by atoms with Crippen LogP contribution < -0.4 is 4.90 Å². The van der Waals surface area contributed by atoms with Crippen molar-refractivity contribution in [2.45, 2.75) is 38.4 Å². The molecule has 1 aromatic carbocycles. The van der Waals surface area contributed by atoms with Crippen LogP contribution in [-0.2, 0) is 17.5 Å². The fourth-order valence-corrected chi connectivity index (χ4v) is 5.03. The summed E-state index contributed by atoms with van der Waals surface area (Å²) in [5, 5.41) is 1.12. The molecule has 2 aromatic heterocycles. The van der Waals surface area contributed by atoms with Gasteiger partial charge in [-0.3, -0.25) is 4.79 Å². The van der Waals surface area contributed by atoms with Crippen molar-refractivity contribution < 1.29 is 18.0 Å². The fraction of sp³-hybridized carbons (Fsp3) is 0.435. The van der Waals surface area contributed by atoms with Crippen molar-refractivity contribution in [3.63, 3.8) is 0 Å². The Morgan fingerprint density at radius 3 is 2.62 bits per heavy atom. The van der Waals surface area contributed by atoms with E-state index in [1.807, 2.05) is 29.3 Å². The summed E-state index contributed by atoms with van der Waals surface area (Å²) in [7, 11) is 0. The molecule has 0 atom stereocenters. The first-order valence-electron chi connectivity index (χ1n) is 10.9. The van der Waals surface area contributed by atoms with Crippen LogP contribution >= 0.6 is 0 Å². The zero-order chi connectivity index (χ0) is 22.3. The molecule has 168 valence electrons. The Morgan fingerprint density at radius 1 is 1.06 bits per heavy atom. The van der Waals surface area contributed by atoms with Crippen molar-refractivity contribution in [3.05, 3.63) is 54.0 Å². The van der Waals surface area contributed by atoms with Gasteiger partial charge in [-0.1, -0.05) is 18.2 Å². The SMILES string of the molecule is O=C1N(Cc2c[nH]c3ccccc23)CCCC12CCN(c1nccc(C(F)(F)F)n1)CC2. The fourth-order valence-electron chi connectivity index (χ4n) is 5.03. The minimum atomic E-state index is -4.50. The topological polar surface area (TPSA) is 65.1 Å². The number of benzene rings is 1. The summed E-state index contributed by atoms with van der Waals surface area (Å²) in [4.78, 5) is 28.2. The quantitative estimate of drug-likeness (QED) is 0.652. The van der Waals surface area contributed by atoms with Crippen LogP contribution in [0.1, 0.15) is 36.9 Å². The largest absolute Gasteiger partial charge is 0.433 e. The Morgan fingerprint density at radius 2 is 1.84 bits per heavy atom. The molecule has 0 bridgehead atoms. The van der Waals surface area contributed by atoms with E-state index in [1.54, 1.807) is 4.90 Å². The van der Waals surface area contributed by atoms with Gasteiger partial charge in [0, 0.05) is 49.5 Å². The van der Waals surface area contributed by atoms with E-state index >= 15 is 0 Å². The molecule has 1 amide bonds. The number of nitrogens with one attached hydrogen (secondary N) is 1. The second-order valence-electron chi connectivity index (χ2n) is 8.70. The van der Waals surface area contributed by atoms with E-state index in [2.05, 4.69) is 21.0 Å². The van der Waals surface area contributed by atoms with E-state index in [4.69, 9.17) is 0 Å². The maximum atomic E-state index is 13.5. The predicted molar refractivity (Wildman–Crippen MR) is 114 cm³/mol. The number of para-hydroxylation sites is 1. The summed E-state index contributed by atoms with van der Waals surface area (Å²) in [6.07, 6.45) is 1.53. The second kappa shape index (κ2) is 7.79. The Kier molecular flexibility index (Phi) is 5.06. The highest BCUT2D eigenvalue weighted by molar-refractivity contribution is 5.86. The lowest BCUT2D eigenvalue weighted by molar-refractivity contribution is -0.148. The van der Waals surface area contributed by atoms with Crippen LogP contribution in [0.4, 0.5) is 19.1 Å². The summed E-state index contributed by atoms with van der Waals surface area (Å²) < 4.78 is 39.0. The first kappa shape index (κ1) is 20.8. The molecule has 1 spiro atoms. The van der Waals surface area contributed by atoms with Crippen LogP contribution in [0.15, 0.2) is 42.7 Å². The number of likely N-dealkylation sites (tertiary alicyclic amines) is 1.